The smallest absolute Gasteiger partial charge is 0.201 e. The molecule has 0 unspecified atom stereocenters. The Morgan fingerprint density at radius 3 is 1.64 bits per heavy atom. The highest BCUT2D eigenvalue weighted by molar-refractivity contribution is 6.90. The van der Waals surface area contributed by atoms with Gasteiger partial charge in [0.05, 0.1) is 0 Å². The lowest BCUT2D eigenvalue weighted by atomic mass is 10.8. The van der Waals surface area contributed by atoms with Crippen molar-refractivity contribution in [3.05, 3.63) is 36.8 Å². The van der Waals surface area contributed by atoms with E-state index in [4.69, 9.17) is 0 Å². The SMILES string of the molecule is C=C[Si](C=C)(C=C)N(C)CC. The van der Waals surface area contributed by atoms with Crippen molar-refractivity contribution in [2.45, 2.75) is 6.92 Å². The summed E-state index contributed by atoms with van der Waals surface area (Å²) in [6.07, 6.45) is 0. The van der Waals surface area contributed by atoms with E-state index < -0.39 is 8.24 Å². The molecule has 0 N–H and O–H groups in total. The van der Waals surface area contributed by atoms with Crippen molar-refractivity contribution in [3.63, 3.8) is 0 Å². The van der Waals surface area contributed by atoms with Gasteiger partial charge in [-0.1, -0.05) is 24.0 Å². The summed E-state index contributed by atoms with van der Waals surface area (Å²) in [5.41, 5.74) is 5.95. The summed E-state index contributed by atoms with van der Waals surface area (Å²) >= 11 is 0. The lowest BCUT2D eigenvalue weighted by Crippen LogP contribution is -2.47. The molecule has 0 atom stereocenters. The maximum absolute atomic E-state index is 3.82. The van der Waals surface area contributed by atoms with Gasteiger partial charge in [-0.05, 0) is 13.6 Å². The fourth-order valence-electron chi connectivity index (χ4n) is 0.991. The molecule has 0 aliphatic heterocycles. The van der Waals surface area contributed by atoms with Crippen molar-refractivity contribution in [2.24, 2.45) is 0 Å². The second-order valence-electron chi connectivity index (χ2n) is 2.51. The van der Waals surface area contributed by atoms with Gasteiger partial charge in [0.2, 0.25) is 8.24 Å². The summed E-state index contributed by atoms with van der Waals surface area (Å²) in [6.45, 7) is 14.6. The van der Waals surface area contributed by atoms with E-state index in [2.05, 4.69) is 38.3 Å². The average molecular weight is 167 g/mol. The lowest BCUT2D eigenvalue weighted by molar-refractivity contribution is 0.552. The Morgan fingerprint density at radius 2 is 1.55 bits per heavy atom. The van der Waals surface area contributed by atoms with E-state index >= 15 is 0 Å². The van der Waals surface area contributed by atoms with Crippen molar-refractivity contribution in [1.82, 2.24) is 4.57 Å². The molecule has 0 spiro atoms. The first kappa shape index (κ1) is 10.4. The van der Waals surface area contributed by atoms with Crippen LogP contribution in [0.5, 0.6) is 0 Å². The minimum Gasteiger partial charge on any atom is -0.317 e. The Kier molecular flexibility index (Phi) is 4.07. The Hall–Kier alpha value is -0.603. The van der Waals surface area contributed by atoms with Crippen LogP contribution in [0.2, 0.25) is 0 Å². The molecule has 0 rings (SSSR count). The molecule has 0 saturated heterocycles. The summed E-state index contributed by atoms with van der Waals surface area (Å²) in [6, 6.07) is 0. The molecule has 0 aromatic rings. The van der Waals surface area contributed by atoms with E-state index in [-0.39, 0.29) is 0 Å². The molecule has 0 aromatic heterocycles. The van der Waals surface area contributed by atoms with Gasteiger partial charge in [-0.15, -0.1) is 19.7 Å². The second kappa shape index (κ2) is 4.31. The van der Waals surface area contributed by atoms with E-state index in [1.165, 1.54) is 0 Å². The largest absolute Gasteiger partial charge is 0.317 e. The van der Waals surface area contributed by atoms with Crippen LogP contribution in [-0.2, 0) is 0 Å². The molecular formula is C9H17NSi. The van der Waals surface area contributed by atoms with Gasteiger partial charge in [0.15, 0.2) is 0 Å². The summed E-state index contributed by atoms with van der Waals surface area (Å²) in [5, 5.41) is 0. The molecular weight excluding hydrogens is 150 g/mol. The maximum Gasteiger partial charge on any atom is 0.201 e. The van der Waals surface area contributed by atoms with Crippen molar-refractivity contribution in [2.75, 3.05) is 13.6 Å². The number of hydrogen-bond acceptors (Lipinski definition) is 1. The second-order valence-corrected chi connectivity index (χ2v) is 6.28. The molecule has 0 aliphatic rings. The summed E-state index contributed by atoms with van der Waals surface area (Å²) < 4.78 is 2.26. The minimum absolute atomic E-state index is 1.01. The Balaban J connectivity index is 4.66. The molecule has 11 heavy (non-hydrogen) atoms. The van der Waals surface area contributed by atoms with Crippen molar-refractivity contribution in [3.8, 4) is 0 Å². The molecule has 1 nitrogen and oxygen atoms in total. The van der Waals surface area contributed by atoms with Crippen LogP contribution in [0.1, 0.15) is 6.92 Å². The number of hydrogen-bond donors (Lipinski definition) is 0. The van der Waals surface area contributed by atoms with Crippen LogP contribution < -0.4 is 0 Å². The lowest BCUT2D eigenvalue weighted by Gasteiger charge is -2.30. The first-order chi connectivity index (χ1) is 5.16. The van der Waals surface area contributed by atoms with Crippen molar-refractivity contribution in [1.29, 1.82) is 0 Å². The molecule has 0 radical (unpaired) electrons. The van der Waals surface area contributed by atoms with E-state index in [0.717, 1.165) is 6.54 Å². The third kappa shape index (κ3) is 1.91. The van der Waals surface area contributed by atoms with Crippen LogP contribution in [-0.4, -0.2) is 26.4 Å². The third-order valence-corrected chi connectivity index (χ3v) is 5.72. The van der Waals surface area contributed by atoms with E-state index in [1.807, 2.05) is 17.1 Å². The van der Waals surface area contributed by atoms with Gasteiger partial charge in [0.1, 0.15) is 0 Å². The van der Waals surface area contributed by atoms with Crippen molar-refractivity contribution >= 4 is 8.24 Å². The van der Waals surface area contributed by atoms with Gasteiger partial charge in [-0.25, -0.2) is 0 Å². The normalized spacial score (nSPS) is 11.2. The minimum atomic E-state index is -1.70. The van der Waals surface area contributed by atoms with Gasteiger partial charge >= 0.3 is 0 Å². The fourth-order valence-corrected chi connectivity index (χ4v) is 2.97. The van der Waals surface area contributed by atoms with E-state index in [1.54, 1.807) is 0 Å². The van der Waals surface area contributed by atoms with Gasteiger partial charge in [0.25, 0.3) is 0 Å². The third-order valence-electron chi connectivity index (χ3n) is 2.12. The van der Waals surface area contributed by atoms with Crippen LogP contribution in [0.4, 0.5) is 0 Å². The van der Waals surface area contributed by atoms with Crippen LogP contribution in [0.25, 0.3) is 0 Å². The molecule has 0 saturated carbocycles. The molecule has 0 bridgehead atoms. The zero-order valence-electron chi connectivity index (χ0n) is 7.51. The highest BCUT2D eigenvalue weighted by Gasteiger charge is 2.25. The Labute approximate surface area is 70.8 Å². The van der Waals surface area contributed by atoms with Crippen LogP contribution in [0.3, 0.4) is 0 Å². The summed E-state index contributed by atoms with van der Waals surface area (Å²) in [7, 11) is 0.385. The van der Waals surface area contributed by atoms with Gasteiger partial charge in [-0.2, -0.15) is 0 Å². The highest BCUT2D eigenvalue weighted by Crippen LogP contribution is 2.10. The Morgan fingerprint density at radius 1 is 1.18 bits per heavy atom. The van der Waals surface area contributed by atoms with Gasteiger partial charge in [0, 0.05) is 0 Å². The molecule has 2 heteroatoms. The average Bonchev–Trinajstić information content (AvgIpc) is 2.08. The predicted molar refractivity (Wildman–Crippen MR) is 54.6 cm³/mol. The molecule has 0 fully saturated rings. The number of rotatable bonds is 5. The fraction of sp³-hybridized carbons (Fsp3) is 0.333. The molecule has 0 heterocycles. The first-order valence-electron chi connectivity index (χ1n) is 3.78. The van der Waals surface area contributed by atoms with Crippen LogP contribution >= 0.6 is 0 Å². The topological polar surface area (TPSA) is 3.24 Å². The van der Waals surface area contributed by atoms with Crippen molar-refractivity contribution < 1.29 is 0 Å². The first-order valence-corrected chi connectivity index (χ1v) is 5.96. The predicted octanol–water partition coefficient (Wildman–Crippen LogP) is 2.06. The summed E-state index contributed by atoms with van der Waals surface area (Å²) in [4.78, 5) is 0. The van der Waals surface area contributed by atoms with Crippen LogP contribution in [0, 0.1) is 0 Å². The van der Waals surface area contributed by atoms with Gasteiger partial charge in [-0.3, -0.25) is 0 Å². The molecule has 0 aromatic carbocycles. The van der Waals surface area contributed by atoms with E-state index in [0.29, 0.717) is 0 Å². The van der Waals surface area contributed by atoms with Crippen LogP contribution in [0.15, 0.2) is 36.8 Å². The zero-order valence-corrected chi connectivity index (χ0v) is 8.51. The molecule has 0 amide bonds. The highest BCUT2D eigenvalue weighted by atomic mass is 28.3. The number of nitrogens with zero attached hydrogens (tertiary/aromatic N) is 1. The monoisotopic (exact) mass is 167 g/mol. The maximum atomic E-state index is 3.82. The van der Waals surface area contributed by atoms with Gasteiger partial charge < -0.3 is 4.57 Å². The quantitative estimate of drug-likeness (QED) is 0.567. The summed E-state index contributed by atoms with van der Waals surface area (Å²) in [5.74, 6) is 0. The molecule has 0 aliphatic carbocycles. The van der Waals surface area contributed by atoms with E-state index in [9.17, 15) is 0 Å². The molecule has 62 valence electrons. The Bertz CT molecular complexity index is 141. The zero-order chi connectivity index (χ0) is 8.91. The standard InChI is InChI=1S/C9H17NSi/c1-6-10(5)11(7-2,8-3)9-4/h7-9H,2-4,6H2,1,5H3.